The summed E-state index contributed by atoms with van der Waals surface area (Å²) in [6.45, 7) is 0. The van der Waals surface area contributed by atoms with E-state index >= 15 is 0 Å². The molecule has 0 saturated heterocycles. The molecule has 2 aromatic carbocycles. The third-order valence-corrected chi connectivity index (χ3v) is 3.78. The zero-order valence-electron chi connectivity index (χ0n) is 11.3. The Morgan fingerprint density at radius 2 is 1.73 bits per heavy atom. The van der Waals surface area contributed by atoms with Crippen molar-refractivity contribution >= 4 is 46.1 Å². The summed E-state index contributed by atoms with van der Waals surface area (Å²) in [5, 5.41) is 1.03. The van der Waals surface area contributed by atoms with Gasteiger partial charge in [-0.25, -0.2) is 0 Å². The highest BCUT2D eigenvalue weighted by atomic mass is 35.5. The maximum absolute atomic E-state index is 11.0. The lowest BCUT2D eigenvalue weighted by Gasteiger charge is -2.10. The molecule has 0 bridgehead atoms. The molecule has 0 amide bonds. The molecule has 1 aromatic heterocycles. The summed E-state index contributed by atoms with van der Waals surface area (Å²) in [6, 6.07) is 10.8. The van der Waals surface area contributed by atoms with E-state index in [1.165, 1.54) is 6.08 Å². The molecule has 0 fully saturated rings. The van der Waals surface area contributed by atoms with Gasteiger partial charge in [0.05, 0.1) is 11.0 Å². The van der Waals surface area contributed by atoms with Crippen molar-refractivity contribution < 1.29 is 4.79 Å². The Bertz CT molecular complexity index is 891. The number of benzene rings is 2. The van der Waals surface area contributed by atoms with E-state index in [4.69, 9.17) is 23.2 Å². The van der Waals surface area contributed by atoms with Gasteiger partial charge in [0.25, 0.3) is 0 Å². The fourth-order valence-electron chi connectivity index (χ4n) is 2.25. The molecule has 0 atom stereocenters. The van der Waals surface area contributed by atoms with E-state index in [-0.39, 0.29) is 0 Å². The third-order valence-electron chi connectivity index (χ3n) is 3.24. The van der Waals surface area contributed by atoms with Crippen molar-refractivity contribution in [3.63, 3.8) is 0 Å². The molecule has 0 saturated carbocycles. The van der Waals surface area contributed by atoms with E-state index < -0.39 is 0 Å². The first-order valence-corrected chi connectivity index (χ1v) is 7.26. The number of allylic oxidation sites excluding steroid dienone is 1. The smallest absolute Gasteiger partial charge is 0.143 e. The van der Waals surface area contributed by atoms with Gasteiger partial charge in [0, 0.05) is 28.0 Å². The Morgan fingerprint density at radius 3 is 2.45 bits per heavy atom. The Hall–Kier alpha value is -2.23. The minimum Gasteiger partial charge on any atom is -0.299 e. The minimum absolute atomic E-state index is 0.486. The van der Waals surface area contributed by atoms with Crippen molar-refractivity contribution in [2.75, 3.05) is 0 Å². The van der Waals surface area contributed by atoms with Crippen molar-refractivity contribution in [2.24, 2.45) is 0 Å². The van der Waals surface area contributed by atoms with Gasteiger partial charge < -0.3 is 0 Å². The molecule has 0 aliphatic carbocycles. The lowest BCUT2D eigenvalue weighted by atomic mass is 9.97. The molecule has 1 heterocycles. The number of rotatable bonds is 3. The predicted octanol–water partition coefficient (Wildman–Crippen LogP) is 4.57. The number of aldehydes is 1. The molecule has 3 rings (SSSR count). The van der Waals surface area contributed by atoms with Crippen LogP contribution in [0.1, 0.15) is 11.1 Å². The number of hydrogen-bond donors (Lipinski definition) is 0. The molecule has 0 aliphatic heterocycles. The van der Waals surface area contributed by atoms with Crippen LogP contribution in [0, 0.1) is 0 Å². The number of carbonyl (C=O) groups excluding carboxylic acids is 1. The maximum Gasteiger partial charge on any atom is 0.143 e. The lowest BCUT2D eigenvalue weighted by Crippen LogP contribution is -1.92. The lowest BCUT2D eigenvalue weighted by molar-refractivity contribution is -0.104. The number of aromatic nitrogens is 2. The van der Waals surface area contributed by atoms with Gasteiger partial charge in [-0.15, -0.1) is 0 Å². The number of carbonyl (C=O) groups is 1. The fourth-order valence-corrected chi connectivity index (χ4v) is 2.76. The zero-order valence-corrected chi connectivity index (χ0v) is 12.8. The standard InChI is InChI=1S/C17H10Cl2N2O/c18-12-2-3-14(15(19)10-12)13(5-8-22)11-1-4-16-17(9-11)21-7-6-20-16/h1-10H. The summed E-state index contributed by atoms with van der Waals surface area (Å²) in [5.41, 5.74) is 3.83. The fraction of sp³-hybridized carbons (Fsp3) is 0. The van der Waals surface area contributed by atoms with Crippen LogP contribution in [-0.2, 0) is 4.79 Å². The Morgan fingerprint density at radius 1 is 0.955 bits per heavy atom. The largest absolute Gasteiger partial charge is 0.299 e. The monoisotopic (exact) mass is 328 g/mol. The summed E-state index contributed by atoms with van der Waals surface area (Å²) in [4.78, 5) is 19.5. The van der Waals surface area contributed by atoms with Gasteiger partial charge in [0.15, 0.2) is 0 Å². The van der Waals surface area contributed by atoms with Crippen molar-refractivity contribution in [2.45, 2.75) is 0 Å². The van der Waals surface area contributed by atoms with Crippen molar-refractivity contribution in [1.82, 2.24) is 9.97 Å². The second-order valence-corrected chi connectivity index (χ2v) is 5.44. The topological polar surface area (TPSA) is 42.9 Å². The van der Waals surface area contributed by atoms with Crippen LogP contribution in [-0.4, -0.2) is 16.3 Å². The van der Waals surface area contributed by atoms with Crippen LogP contribution in [0.2, 0.25) is 10.0 Å². The number of fused-ring (bicyclic) bond motifs is 1. The van der Waals surface area contributed by atoms with E-state index in [9.17, 15) is 4.79 Å². The van der Waals surface area contributed by atoms with Crippen LogP contribution < -0.4 is 0 Å². The van der Waals surface area contributed by atoms with Crippen LogP contribution in [0.25, 0.3) is 16.6 Å². The molecular weight excluding hydrogens is 319 g/mol. The maximum atomic E-state index is 11.0. The number of nitrogens with zero attached hydrogens (tertiary/aromatic N) is 2. The van der Waals surface area contributed by atoms with E-state index in [0.29, 0.717) is 15.6 Å². The summed E-state index contributed by atoms with van der Waals surface area (Å²) in [6.07, 6.45) is 5.48. The number of hydrogen-bond acceptors (Lipinski definition) is 3. The molecule has 108 valence electrons. The highest BCUT2D eigenvalue weighted by Gasteiger charge is 2.10. The van der Waals surface area contributed by atoms with Crippen LogP contribution in [0.5, 0.6) is 0 Å². The highest BCUT2D eigenvalue weighted by molar-refractivity contribution is 6.36. The molecule has 3 nitrogen and oxygen atoms in total. The molecule has 0 aliphatic rings. The minimum atomic E-state index is 0.486. The SMILES string of the molecule is O=CC=C(c1ccc2nccnc2c1)c1ccc(Cl)cc1Cl. The first-order chi connectivity index (χ1) is 10.7. The molecule has 0 N–H and O–H groups in total. The predicted molar refractivity (Wildman–Crippen MR) is 89.1 cm³/mol. The average molecular weight is 329 g/mol. The highest BCUT2D eigenvalue weighted by Crippen LogP contribution is 2.32. The molecule has 0 radical (unpaired) electrons. The van der Waals surface area contributed by atoms with Crippen LogP contribution >= 0.6 is 23.2 Å². The molecular formula is C17H10Cl2N2O. The Labute approximate surface area is 137 Å². The van der Waals surface area contributed by atoms with Gasteiger partial charge in [-0.05, 0) is 41.5 Å². The first-order valence-electron chi connectivity index (χ1n) is 6.51. The van der Waals surface area contributed by atoms with E-state index in [1.807, 2.05) is 18.2 Å². The summed E-state index contributed by atoms with van der Waals surface area (Å²) in [7, 11) is 0. The van der Waals surface area contributed by atoms with Gasteiger partial charge in [-0.1, -0.05) is 35.3 Å². The summed E-state index contributed by atoms with van der Waals surface area (Å²) >= 11 is 12.2. The van der Waals surface area contributed by atoms with Gasteiger partial charge >= 0.3 is 0 Å². The van der Waals surface area contributed by atoms with E-state index in [0.717, 1.165) is 28.4 Å². The molecule has 3 aromatic rings. The summed E-state index contributed by atoms with van der Waals surface area (Å²) < 4.78 is 0. The number of halogens is 2. The van der Waals surface area contributed by atoms with Gasteiger partial charge in [0.2, 0.25) is 0 Å². The van der Waals surface area contributed by atoms with Gasteiger partial charge in [-0.3, -0.25) is 14.8 Å². The van der Waals surface area contributed by atoms with Crippen LogP contribution in [0.3, 0.4) is 0 Å². The van der Waals surface area contributed by atoms with Crippen LogP contribution in [0.4, 0.5) is 0 Å². The van der Waals surface area contributed by atoms with Gasteiger partial charge in [-0.2, -0.15) is 0 Å². The average Bonchev–Trinajstić information content (AvgIpc) is 2.53. The van der Waals surface area contributed by atoms with Gasteiger partial charge in [0.1, 0.15) is 6.29 Å². The van der Waals surface area contributed by atoms with Crippen LogP contribution in [0.15, 0.2) is 54.9 Å². The second-order valence-electron chi connectivity index (χ2n) is 4.60. The third kappa shape index (κ3) is 2.86. The molecule has 0 spiro atoms. The quantitative estimate of drug-likeness (QED) is 0.522. The van der Waals surface area contributed by atoms with E-state index in [1.54, 1.807) is 30.6 Å². The zero-order chi connectivity index (χ0) is 15.5. The molecule has 22 heavy (non-hydrogen) atoms. The Kier molecular flexibility index (Phi) is 4.18. The molecule has 0 unspecified atom stereocenters. The van der Waals surface area contributed by atoms with E-state index in [2.05, 4.69) is 9.97 Å². The first kappa shape index (κ1) is 14.7. The van der Waals surface area contributed by atoms with Crippen molar-refractivity contribution in [3.8, 4) is 0 Å². The molecule has 5 heteroatoms. The Balaban J connectivity index is 2.18. The normalized spacial score (nSPS) is 11.6. The van der Waals surface area contributed by atoms with Crippen molar-refractivity contribution in [1.29, 1.82) is 0 Å². The summed E-state index contributed by atoms with van der Waals surface area (Å²) in [5.74, 6) is 0. The van der Waals surface area contributed by atoms with Crippen molar-refractivity contribution in [3.05, 3.63) is 76.0 Å². The second kappa shape index (κ2) is 6.26.